The minimum absolute atomic E-state index is 0.0298. The Hall–Kier alpha value is -1.88. The summed E-state index contributed by atoms with van der Waals surface area (Å²) in [5.74, 6) is 0.0423. The van der Waals surface area contributed by atoms with Crippen molar-refractivity contribution in [2.24, 2.45) is 0 Å². The first-order valence-electron chi connectivity index (χ1n) is 8.89. The number of benzene rings is 1. The highest BCUT2D eigenvalue weighted by molar-refractivity contribution is 5.81. The van der Waals surface area contributed by atoms with Crippen molar-refractivity contribution in [3.05, 3.63) is 35.4 Å². The fraction of sp³-hybridized carbons (Fsp3) is 0.579. The molecule has 1 aromatic carbocycles. The fourth-order valence-electron chi connectivity index (χ4n) is 3.34. The van der Waals surface area contributed by atoms with Crippen molar-refractivity contribution >= 4 is 11.8 Å². The van der Waals surface area contributed by atoms with Gasteiger partial charge in [-0.15, -0.1) is 0 Å². The molecule has 1 N–H and O–H groups in total. The standard InChI is InChI=1S/C19H29N3O2/c1-4-20-18(23)13-22(5-2)14-19(24)21(3)17-12-8-10-15-9-6-7-11-16(15)17/h6-7,9,11,17H,4-5,8,10,12-14H2,1-3H3,(H,20,23)/t17-/m1/s1. The number of amides is 2. The van der Waals surface area contributed by atoms with Crippen molar-refractivity contribution in [3.8, 4) is 0 Å². The summed E-state index contributed by atoms with van der Waals surface area (Å²) in [5, 5.41) is 2.78. The van der Waals surface area contributed by atoms with E-state index in [1.807, 2.05) is 36.8 Å². The number of carbonyl (C=O) groups excluding carboxylic acids is 2. The Kier molecular flexibility index (Phi) is 6.79. The number of likely N-dealkylation sites (N-methyl/N-ethyl adjacent to an activating group) is 3. The van der Waals surface area contributed by atoms with E-state index in [2.05, 4.69) is 23.5 Å². The fourth-order valence-corrected chi connectivity index (χ4v) is 3.34. The van der Waals surface area contributed by atoms with Crippen molar-refractivity contribution in [1.29, 1.82) is 0 Å². The van der Waals surface area contributed by atoms with Crippen LogP contribution in [0.25, 0.3) is 0 Å². The molecule has 132 valence electrons. The summed E-state index contributed by atoms with van der Waals surface area (Å²) >= 11 is 0. The monoisotopic (exact) mass is 331 g/mol. The molecule has 0 heterocycles. The van der Waals surface area contributed by atoms with Gasteiger partial charge in [0.25, 0.3) is 0 Å². The summed E-state index contributed by atoms with van der Waals surface area (Å²) in [6.45, 7) is 5.71. The Balaban J connectivity index is 2.00. The van der Waals surface area contributed by atoms with Gasteiger partial charge in [0.15, 0.2) is 0 Å². The smallest absolute Gasteiger partial charge is 0.237 e. The molecule has 1 aromatic rings. The lowest BCUT2D eigenvalue weighted by atomic mass is 9.87. The van der Waals surface area contributed by atoms with E-state index < -0.39 is 0 Å². The van der Waals surface area contributed by atoms with Gasteiger partial charge in [-0.3, -0.25) is 14.5 Å². The average molecular weight is 331 g/mol. The van der Waals surface area contributed by atoms with Crippen LogP contribution in [0.15, 0.2) is 24.3 Å². The third-order valence-corrected chi connectivity index (χ3v) is 4.75. The molecular formula is C19H29N3O2. The van der Waals surface area contributed by atoms with Gasteiger partial charge >= 0.3 is 0 Å². The number of fused-ring (bicyclic) bond motifs is 1. The van der Waals surface area contributed by atoms with Gasteiger partial charge in [-0.25, -0.2) is 0 Å². The van der Waals surface area contributed by atoms with Crippen LogP contribution in [0.3, 0.4) is 0 Å². The Labute approximate surface area is 145 Å². The number of nitrogens with one attached hydrogen (secondary N) is 1. The molecule has 0 aliphatic heterocycles. The van der Waals surface area contributed by atoms with Crippen molar-refractivity contribution in [2.75, 3.05) is 33.2 Å². The molecule has 0 radical (unpaired) electrons. The number of carbonyl (C=O) groups is 2. The molecule has 1 atom stereocenters. The van der Waals surface area contributed by atoms with Crippen LogP contribution >= 0.6 is 0 Å². The molecule has 0 bridgehead atoms. The number of aryl methyl sites for hydroxylation is 1. The molecule has 0 unspecified atom stereocenters. The SMILES string of the molecule is CCNC(=O)CN(CC)CC(=O)N(C)[C@@H]1CCCc2ccccc21. The topological polar surface area (TPSA) is 52.7 Å². The molecule has 0 fully saturated rings. The van der Waals surface area contributed by atoms with Crippen LogP contribution in [0, 0.1) is 0 Å². The van der Waals surface area contributed by atoms with E-state index in [-0.39, 0.29) is 30.9 Å². The predicted octanol–water partition coefficient (Wildman–Crippen LogP) is 1.98. The van der Waals surface area contributed by atoms with Crippen LogP contribution in [0.4, 0.5) is 0 Å². The van der Waals surface area contributed by atoms with E-state index in [1.165, 1.54) is 11.1 Å². The minimum atomic E-state index is -0.0298. The van der Waals surface area contributed by atoms with Crippen LogP contribution < -0.4 is 5.32 Å². The maximum atomic E-state index is 12.7. The lowest BCUT2D eigenvalue weighted by Gasteiger charge is -2.34. The first-order chi connectivity index (χ1) is 11.6. The van der Waals surface area contributed by atoms with Gasteiger partial charge in [0.05, 0.1) is 19.1 Å². The normalized spacial score (nSPS) is 16.6. The molecule has 1 aliphatic rings. The molecule has 0 saturated carbocycles. The Morgan fingerprint density at radius 1 is 1.21 bits per heavy atom. The van der Waals surface area contributed by atoms with Crippen molar-refractivity contribution in [3.63, 3.8) is 0 Å². The van der Waals surface area contributed by atoms with Crippen molar-refractivity contribution in [1.82, 2.24) is 15.1 Å². The van der Waals surface area contributed by atoms with E-state index in [9.17, 15) is 9.59 Å². The maximum absolute atomic E-state index is 12.7. The number of hydrogen-bond acceptors (Lipinski definition) is 3. The van der Waals surface area contributed by atoms with Crippen LogP contribution in [0.1, 0.15) is 43.9 Å². The van der Waals surface area contributed by atoms with Crippen LogP contribution in [0.2, 0.25) is 0 Å². The summed E-state index contributed by atoms with van der Waals surface area (Å²) in [7, 11) is 1.88. The summed E-state index contributed by atoms with van der Waals surface area (Å²) in [4.78, 5) is 28.2. The second kappa shape index (κ2) is 8.83. The van der Waals surface area contributed by atoms with Crippen molar-refractivity contribution < 1.29 is 9.59 Å². The average Bonchev–Trinajstić information content (AvgIpc) is 2.60. The first kappa shape index (κ1) is 18.5. The molecular weight excluding hydrogens is 302 g/mol. The van der Waals surface area contributed by atoms with Crippen LogP contribution in [0.5, 0.6) is 0 Å². The first-order valence-corrected chi connectivity index (χ1v) is 8.89. The molecule has 0 aromatic heterocycles. The summed E-state index contributed by atoms with van der Waals surface area (Å²) in [6, 6.07) is 8.55. The molecule has 0 spiro atoms. The molecule has 1 aliphatic carbocycles. The summed E-state index contributed by atoms with van der Waals surface area (Å²) in [6.07, 6.45) is 3.20. The van der Waals surface area contributed by atoms with Gasteiger partial charge in [-0.2, -0.15) is 0 Å². The molecule has 2 rings (SSSR count). The third kappa shape index (κ3) is 4.57. The summed E-state index contributed by atoms with van der Waals surface area (Å²) < 4.78 is 0. The highest BCUT2D eigenvalue weighted by Crippen LogP contribution is 2.33. The quantitative estimate of drug-likeness (QED) is 0.831. The zero-order valence-electron chi connectivity index (χ0n) is 15.0. The van der Waals surface area contributed by atoms with E-state index >= 15 is 0 Å². The van der Waals surface area contributed by atoms with E-state index in [4.69, 9.17) is 0 Å². The number of rotatable bonds is 7. The van der Waals surface area contributed by atoms with Gasteiger partial charge in [-0.05, 0) is 43.9 Å². The Bertz CT molecular complexity index is 573. The number of nitrogens with zero attached hydrogens (tertiary/aromatic N) is 2. The lowest BCUT2D eigenvalue weighted by molar-refractivity contribution is -0.134. The van der Waals surface area contributed by atoms with Crippen LogP contribution in [-0.4, -0.2) is 54.8 Å². The second-order valence-corrected chi connectivity index (χ2v) is 6.37. The van der Waals surface area contributed by atoms with Gasteiger partial charge in [0, 0.05) is 13.6 Å². The van der Waals surface area contributed by atoms with E-state index in [0.717, 1.165) is 19.3 Å². The highest BCUT2D eigenvalue weighted by atomic mass is 16.2. The van der Waals surface area contributed by atoms with Gasteiger partial charge in [0.1, 0.15) is 0 Å². The molecule has 24 heavy (non-hydrogen) atoms. The molecule has 5 nitrogen and oxygen atoms in total. The van der Waals surface area contributed by atoms with Gasteiger partial charge in [0.2, 0.25) is 11.8 Å². The largest absolute Gasteiger partial charge is 0.355 e. The van der Waals surface area contributed by atoms with Crippen LogP contribution in [-0.2, 0) is 16.0 Å². The van der Waals surface area contributed by atoms with E-state index in [0.29, 0.717) is 13.1 Å². The molecule has 5 heteroatoms. The second-order valence-electron chi connectivity index (χ2n) is 6.37. The van der Waals surface area contributed by atoms with Gasteiger partial charge in [-0.1, -0.05) is 31.2 Å². The minimum Gasteiger partial charge on any atom is -0.355 e. The van der Waals surface area contributed by atoms with Crippen molar-refractivity contribution in [2.45, 2.75) is 39.2 Å². The predicted molar refractivity (Wildman–Crippen MR) is 95.7 cm³/mol. The molecule has 0 saturated heterocycles. The lowest BCUT2D eigenvalue weighted by Crippen LogP contribution is -2.44. The summed E-state index contributed by atoms with van der Waals surface area (Å²) in [5.41, 5.74) is 2.62. The third-order valence-electron chi connectivity index (χ3n) is 4.75. The zero-order valence-corrected chi connectivity index (χ0v) is 15.0. The number of hydrogen-bond donors (Lipinski definition) is 1. The molecule has 2 amide bonds. The van der Waals surface area contributed by atoms with Gasteiger partial charge < -0.3 is 10.2 Å². The Morgan fingerprint density at radius 3 is 2.67 bits per heavy atom. The zero-order chi connectivity index (χ0) is 17.5. The maximum Gasteiger partial charge on any atom is 0.237 e. The van der Waals surface area contributed by atoms with E-state index in [1.54, 1.807) is 0 Å². The Morgan fingerprint density at radius 2 is 1.96 bits per heavy atom. The highest BCUT2D eigenvalue weighted by Gasteiger charge is 2.27.